The molecule has 1 aliphatic rings. The van der Waals surface area contributed by atoms with Crippen molar-refractivity contribution in [2.75, 3.05) is 26.2 Å². The normalized spacial score (nSPS) is 17.8. The van der Waals surface area contributed by atoms with E-state index < -0.39 is 12.0 Å². The molecule has 1 heterocycles. The van der Waals surface area contributed by atoms with Gasteiger partial charge in [-0.05, 0) is 25.3 Å². The van der Waals surface area contributed by atoms with Crippen molar-refractivity contribution in [3.8, 4) is 0 Å². The molecule has 1 unspecified atom stereocenters. The molecule has 0 radical (unpaired) electrons. The van der Waals surface area contributed by atoms with Crippen LogP contribution in [0.5, 0.6) is 0 Å². The first-order valence-corrected chi connectivity index (χ1v) is 7.86. The highest BCUT2D eigenvalue weighted by molar-refractivity contribution is 5.76. The van der Waals surface area contributed by atoms with E-state index in [4.69, 9.17) is 5.11 Å². The molecule has 22 heavy (non-hydrogen) atoms. The Balaban J connectivity index is 1.82. The molecule has 2 rings (SSSR count). The summed E-state index contributed by atoms with van der Waals surface area (Å²) in [5.41, 5.74) is 1.17. The maximum Gasteiger partial charge on any atom is 0.320 e. The second-order valence-electron chi connectivity index (χ2n) is 5.77. The molecule has 1 aromatic rings. The number of carboxylic acid groups (broad SMARTS) is 1. The van der Waals surface area contributed by atoms with Crippen molar-refractivity contribution < 1.29 is 14.7 Å². The van der Waals surface area contributed by atoms with E-state index in [9.17, 15) is 9.59 Å². The number of hydrogen-bond acceptors (Lipinski definition) is 3. The molecule has 0 aromatic heterocycles. The summed E-state index contributed by atoms with van der Waals surface area (Å²) in [6.45, 7) is 4.40. The van der Waals surface area contributed by atoms with Crippen LogP contribution in [0.4, 0.5) is 0 Å². The molecule has 5 nitrogen and oxygen atoms in total. The molecule has 1 saturated heterocycles. The second-order valence-corrected chi connectivity index (χ2v) is 5.77. The van der Waals surface area contributed by atoms with Crippen LogP contribution >= 0.6 is 0 Å². The molecule has 0 bridgehead atoms. The number of benzene rings is 1. The fourth-order valence-electron chi connectivity index (χ4n) is 2.78. The molecule has 0 aliphatic carbocycles. The minimum absolute atomic E-state index is 0.161. The maximum atomic E-state index is 12.3. The maximum absolute atomic E-state index is 12.3. The van der Waals surface area contributed by atoms with E-state index in [2.05, 4.69) is 0 Å². The van der Waals surface area contributed by atoms with Crippen LogP contribution in [0, 0.1) is 0 Å². The number of rotatable bonds is 5. The van der Waals surface area contributed by atoms with Gasteiger partial charge in [-0.3, -0.25) is 14.5 Å². The fraction of sp³-hybridized carbons (Fsp3) is 0.529. The number of aliphatic carboxylic acids is 1. The quantitative estimate of drug-likeness (QED) is 0.898. The summed E-state index contributed by atoms with van der Waals surface area (Å²) in [6, 6.07) is 9.52. The lowest BCUT2D eigenvalue weighted by Crippen LogP contribution is -2.42. The molecular weight excluding hydrogens is 280 g/mol. The predicted octanol–water partition coefficient (Wildman–Crippen LogP) is 1.63. The molecule has 5 heteroatoms. The third kappa shape index (κ3) is 4.56. The molecule has 1 fully saturated rings. The highest BCUT2D eigenvalue weighted by Gasteiger charge is 2.24. The number of carbonyl (C=O) groups excluding carboxylic acids is 1. The predicted molar refractivity (Wildman–Crippen MR) is 84.6 cm³/mol. The Morgan fingerprint density at radius 3 is 2.55 bits per heavy atom. The van der Waals surface area contributed by atoms with Crippen molar-refractivity contribution >= 4 is 11.9 Å². The Morgan fingerprint density at radius 2 is 1.86 bits per heavy atom. The van der Waals surface area contributed by atoms with Gasteiger partial charge in [0, 0.05) is 32.6 Å². The van der Waals surface area contributed by atoms with Crippen LogP contribution < -0.4 is 0 Å². The minimum Gasteiger partial charge on any atom is -0.480 e. The van der Waals surface area contributed by atoms with Gasteiger partial charge in [0.1, 0.15) is 6.04 Å². The van der Waals surface area contributed by atoms with Crippen LogP contribution in [0.2, 0.25) is 0 Å². The Hall–Kier alpha value is -1.88. The first kappa shape index (κ1) is 16.5. The lowest BCUT2D eigenvalue weighted by atomic mass is 10.1. The molecule has 1 aromatic carbocycles. The van der Waals surface area contributed by atoms with Crippen molar-refractivity contribution in [2.24, 2.45) is 0 Å². The Kier molecular flexibility index (Phi) is 5.95. The van der Waals surface area contributed by atoms with Gasteiger partial charge in [0.2, 0.25) is 5.91 Å². The van der Waals surface area contributed by atoms with E-state index in [0.29, 0.717) is 19.5 Å². The molecule has 1 N–H and O–H groups in total. The molecular formula is C17H24N2O3. The van der Waals surface area contributed by atoms with Gasteiger partial charge < -0.3 is 10.0 Å². The van der Waals surface area contributed by atoms with Gasteiger partial charge in [-0.15, -0.1) is 0 Å². The lowest BCUT2D eigenvalue weighted by Gasteiger charge is -2.24. The Bertz CT molecular complexity index is 504. The smallest absolute Gasteiger partial charge is 0.320 e. The first-order valence-electron chi connectivity index (χ1n) is 7.86. The Morgan fingerprint density at radius 1 is 1.14 bits per heavy atom. The number of amides is 1. The summed E-state index contributed by atoms with van der Waals surface area (Å²) in [7, 11) is 0. The summed E-state index contributed by atoms with van der Waals surface area (Å²) in [5, 5.41) is 9.09. The monoisotopic (exact) mass is 304 g/mol. The number of carboxylic acids is 1. The molecule has 0 saturated carbocycles. The standard InChI is InChI=1S/C17H24N2O3/c1-14(17(21)22)18-10-5-11-19(13-12-18)16(20)9-8-15-6-3-2-4-7-15/h2-4,6-7,14H,5,8-13H2,1H3,(H,21,22). The Labute approximate surface area is 131 Å². The zero-order chi connectivity index (χ0) is 15.9. The molecule has 0 spiro atoms. The largest absolute Gasteiger partial charge is 0.480 e. The summed E-state index contributed by atoms with van der Waals surface area (Å²) in [4.78, 5) is 27.2. The van der Waals surface area contributed by atoms with Gasteiger partial charge >= 0.3 is 5.97 Å². The van der Waals surface area contributed by atoms with Crippen molar-refractivity contribution in [3.63, 3.8) is 0 Å². The summed E-state index contributed by atoms with van der Waals surface area (Å²) >= 11 is 0. The average Bonchev–Trinajstić information content (AvgIpc) is 2.78. The fourth-order valence-corrected chi connectivity index (χ4v) is 2.78. The number of carbonyl (C=O) groups is 2. The highest BCUT2D eigenvalue weighted by Crippen LogP contribution is 2.10. The van der Waals surface area contributed by atoms with Crippen LogP contribution in [-0.4, -0.2) is 59.0 Å². The van der Waals surface area contributed by atoms with Crippen LogP contribution in [0.1, 0.15) is 25.3 Å². The van der Waals surface area contributed by atoms with Gasteiger partial charge in [-0.1, -0.05) is 30.3 Å². The molecule has 1 amide bonds. The zero-order valence-corrected chi connectivity index (χ0v) is 13.1. The van der Waals surface area contributed by atoms with Gasteiger partial charge in [0.15, 0.2) is 0 Å². The molecule has 1 aliphatic heterocycles. The third-order valence-electron chi connectivity index (χ3n) is 4.26. The van der Waals surface area contributed by atoms with Gasteiger partial charge in [0.05, 0.1) is 0 Å². The van der Waals surface area contributed by atoms with E-state index in [-0.39, 0.29) is 5.91 Å². The van der Waals surface area contributed by atoms with Crippen LogP contribution in [0.25, 0.3) is 0 Å². The van der Waals surface area contributed by atoms with Gasteiger partial charge in [-0.25, -0.2) is 0 Å². The SMILES string of the molecule is CC(C(=O)O)N1CCCN(C(=O)CCc2ccccc2)CC1. The van der Waals surface area contributed by atoms with Crippen molar-refractivity contribution in [1.82, 2.24) is 9.80 Å². The van der Waals surface area contributed by atoms with E-state index in [0.717, 1.165) is 25.9 Å². The van der Waals surface area contributed by atoms with E-state index in [1.807, 2.05) is 40.1 Å². The zero-order valence-electron chi connectivity index (χ0n) is 13.1. The summed E-state index contributed by atoms with van der Waals surface area (Å²) < 4.78 is 0. The number of nitrogens with zero attached hydrogens (tertiary/aromatic N) is 2. The second kappa shape index (κ2) is 7.94. The van der Waals surface area contributed by atoms with E-state index in [1.54, 1.807) is 6.92 Å². The van der Waals surface area contributed by atoms with Crippen LogP contribution in [-0.2, 0) is 16.0 Å². The number of aryl methyl sites for hydroxylation is 1. The van der Waals surface area contributed by atoms with E-state index in [1.165, 1.54) is 5.56 Å². The molecule has 1 atom stereocenters. The van der Waals surface area contributed by atoms with Gasteiger partial charge in [0.25, 0.3) is 0 Å². The van der Waals surface area contributed by atoms with Crippen molar-refractivity contribution in [3.05, 3.63) is 35.9 Å². The van der Waals surface area contributed by atoms with Crippen molar-refractivity contribution in [1.29, 1.82) is 0 Å². The topological polar surface area (TPSA) is 60.9 Å². The third-order valence-corrected chi connectivity index (χ3v) is 4.26. The summed E-state index contributed by atoms with van der Waals surface area (Å²) in [6.07, 6.45) is 2.10. The van der Waals surface area contributed by atoms with E-state index >= 15 is 0 Å². The molecule has 120 valence electrons. The first-order chi connectivity index (χ1) is 10.6. The minimum atomic E-state index is -0.802. The van der Waals surface area contributed by atoms with Gasteiger partial charge in [-0.2, -0.15) is 0 Å². The lowest BCUT2D eigenvalue weighted by molar-refractivity contribution is -0.142. The summed E-state index contributed by atoms with van der Waals surface area (Å²) in [5.74, 6) is -0.641. The number of hydrogen-bond donors (Lipinski definition) is 1. The van der Waals surface area contributed by atoms with Crippen molar-refractivity contribution in [2.45, 2.75) is 32.2 Å². The van der Waals surface area contributed by atoms with Crippen LogP contribution in [0.15, 0.2) is 30.3 Å². The highest BCUT2D eigenvalue weighted by atomic mass is 16.4. The van der Waals surface area contributed by atoms with Crippen LogP contribution in [0.3, 0.4) is 0 Å². The average molecular weight is 304 g/mol.